The lowest BCUT2D eigenvalue weighted by molar-refractivity contribution is -0.0610. The van der Waals surface area contributed by atoms with Crippen LogP contribution in [0.3, 0.4) is 0 Å². The van der Waals surface area contributed by atoms with Gasteiger partial charge in [-0.1, -0.05) is 17.3 Å². The number of methoxy groups -OCH3 is 1. The van der Waals surface area contributed by atoms with Crippen molar-refractivity contribution in [2.45, 2.75) is 56.6 Å². The molecule has 0 spiro atoms. The third-order valence-corrected chi connectivity index (χ3v) is 5.74. The van der Waals surface area contributed by atoms with Crippen molar-refractivity contribution in [3.05, 3.63) is 23.9 Å². The number of fused-ring (bicyclic) bond motifs is 2. The Morgan fingerprint density at radius 2 is 2.20 bits per heavy atom. The minimum absolute atomic E-state index is 0.0421. The van der Waals surface area contributed by atoms with Crippen LogP contribution in [0.25, 0.3) is 0 Å². The molecule has 3 heterocycles. The highest BCUT2D eigenvalue weighted by molar-refractivity contribution is 5.69. The Morgan fingerprint density at radius 1 is 1.40 bits per heavy atom. The molecule has 4 aliphatic rings. The van der Waals surface area contributed by atoms with Crippen molar-refractivity contribution in [2.24, 2.45) is 5.92 Å². The fraction of sp³-hybridized carbons (Fsp3) is 0.722. The predicted octanol–water partition coefficient (Wildman–Crippen LogP) is 2.99. The van der Waals surface area contributed by atoms with Crippen molar-refractivity contribution >= 4 is 6.09 Å². The zero-order valence-electron chi connectivity index (χ0n) is 14.8. The summed E-state index contributed by atoms with van der Waals surface area (Å²) in [5.41, 5.74) is -0.425. The highest BCUT2D eigenvalue weighted by Gasteiger charge is 2.46. The van der Waals surface area contributed by atoms with Crippen LogP contribution in [0.2, 0.25) is 0 Å². The Kier molecular flexibility index (Phi) is 4.27. The molecule has 2 fully saturated rings. The summed E-state index contributed by atoms with van der Waals surface area (Å²) in [4.78, 5) is 18.6. The monoisotopic (exact) mass is 347 g/mol. The first-order chi connectivity index (χ1) is 12.2. The van der Waals surface area contributed by atoms with Gasteiger partial charge in [0.25, 0.3) is 5.89 Å². The van der Waals surface area contributed by atoms with E-state index in [4.69, 9.17) is 19.0 Å². The second kappa shape index (κ2) is 6.44. The maximum absolute atomic E-state index is 12.1. The number of amides is 1. The van der Waals surface area contributed by atoms with Crippen LogP contribution in [0.15, 0.2) is 16.7 Å². The molecule has 1 saturated carbocycles. The molecule has 0 N–H and O–H groups in total. The molecule has 3 atom stereocenters. The molecule has 1 aromatic heterocycles. The third kappa shape index (κ3) is 2.74. The molecule has 0 radical (unpaired) electrons. The minimum Gasteiger partial charge on any atom is -0.453 e. The van der Waals surface area contributed by atoms with Crippen LogP contribution in [0.4, 0.5) is 4.79 Å². The molecule has 7 nitrogen and oxygen atoms in total. The summed E-state index contributed by atoms with van der Waals surface area (Å²) < 4.78 is 16.6. The SMILES string of the molecule is CCOC1(c2nc(C3CC4C=CC3N(C(=O)OC)C4)no2)CCCC1. The van der Waals surface area contributed by atoms with E-state index in [-0.39, 0.29) is 18.1 Å². The van der Waals surface area contributed by atoms with Gasteiger partial charge in [0, 0.05) is 19.1 Å². The van der Waals surface area contributed by atoms with Crippen molar-refractivity contribution in [1.82, 2.24) is 15.0 Å². The number of aromatic nitrogens is 2. The van der Waals surface area contributed by atoms with Crippen LogP contribution >= 0.6 is 0 Å². The summed E-state index contributed by atoms with van der Waals surface area (Å²) in [7, 11) is 1.42. The van der Waals surface area contributed by atoms with Gasteiger partial charge in [-0.15, -0.1) is 0 Å². The lowest BCUT2D eigenvalue weighted by Gasteiger charge is -2.44. The smallest absolute Gasteiger partial charge is 0.410 e. The van der Waals surface area contributed by atoms with Crippen LogP contribution in [0.5, 0.6) is 0 Å². The second-order valence-corrected chi connectivity index (χ2v) is 7.19. The van der Waals surface area contributed by atoms with E-state index in [1.165, 1.54) is 7.11 Å². The first-order valence-electron chi connectivity index (χ1n) is 9.18. The Morgan fingerprint density at radius 3 is 2.88 bits per heavy atom. The van der Waals surface area contributed by atoms with E-state index in [9.17, 15) is 4.79 Å². The van der Waals surface area contributed by atoms with E-state index in [1.54, 1.807) is 4.90 Å². The van der Waals surface area contributed by atoms with Gasteiger partial charge in [0.05, 0.1) is 13.2 Å². The fourth-order valence-corrected chi connectivity index (χ4v) is 4.56. The molecule has 2 bridgehead atoms. The van der Waals surface area contributed by atoms with E-state index >= 15 is 0 Å². The van der Waals surface area contributed by atoms with Gasteiger partial charge < -0.3 is 18.9 Å². The summed E-state index contributed by atoms with van der Waals surface area (Å²) in [6.07, 6.45) is 8.96. The zero-order valence-corrected chi connectivity index (χ0v) is 14.8. The summed E-state index contributed by atoms with van der Waals surface area (Å²) in [6.45, 7) is 3.32. The average molecular weight is 347 g/mol. The van der Waals surface area contributed by atoms with Crippen molar-refractivity contribution in [3.63, 3.8) is 0 Å². The molecule has 5 rings (SSSR count). The zero-order chi connectivity index (χ0) is 17.4. The third-order valence-electron chi connectivity index (χ3n) is 5.74. The molecule has 3 unspecified atom stereocenters. The molecule has 1 aromatic rings. The minimum atomic E-state index is -0.425. The molecule has 1 amide bonds. The molecule has 2 aliphatic carbocycles. The normalized spacial score (nSPS) is 30.0. The number of hydrogen-bond acceptors (Lipinski definition) is 6. The average Bonchev–Trinajstić information content (AvgIpc) is 3.32. The predicted molar refractivity (Wildman–Crippen MR) is 89.0 cm³/mol. The Labute approximate surface area is 147 Å². The van der Waals surface area contributed by atoms with Gasteiger partial charge in [-0.2, -0.15) is 4.98 Å². The molecular formula is C18H25N3O4. The Hall–Kier alpha value is -1.89. The van der Waals surface area contributed by atoms with Gasteiger partial charge in [-0.3, -0.25) is 0 Å². The fourth-order valence-electron chi connectivity index (χ4n) is 4.56. The summed E-state index contributed by atoms with van der Waals surface area (Å²) in [5, 5.41) is 4.27. The van der Waals surface area contributed by atoms with Crippen molar-refractivity contribution in [3.8, 4) is 0 Å². The molecule has 25 heavy (non-hydrogen) atoms. The highest BCUT2D eigenvalue weighted by Crippen LogP contribution is 2.44. The maximum Gasteiger partial charge on any atom is 0.410 e. The second-order valence-electron chi connectivity index (χ2n) is 7.19. The largest absolute Gasteiger partial charge is 0.453 e. The number of ether oxygens (including phenoxy) is 2. The van der Waals surface area contributed by atoms with Gasteiger partial charge in [-0.05, 0) is 44.9 Å². The number of hydrogen-bond donors (Lipinski definition) is 0. The van der Waals surface area contributed by atoms with E-state index in [1.807, 2.05) is 6.92 Å². The van der Waals surface area contributed by atoms with Crippen molar-refractivity contribution in [1.29, 1.82) is 0 Å². The van der Waals surface area contributed by atoms with Gasteiger partial charge >= 0.3 is 6.09 Å². The van der Waals surface area contributed by atoms with Crippen LogP contribution in [-0.4, -0.2) is 47.4 Å². The molecule has 136 valence electrons. The topological polar surface area (TPSA) is 77.7 Å². The molecule has 1 saturated heterocycles. The molecule has 2 aliphatic heterocycles. The molecule has 0 aromatic carbocycles. The van der Waals surface area contributed by atoms with Crippen molar-refractivity contribution < 1.29 is 18.8 Å². The van der Waals surface area contributed by atoms with Crippen molar-refractivity contribution in [2.75, 3.05) is 20.3 Å². The molecule has 7 heteroatoms. The van der Waals surface area contributed by atoms with Crippen LogP contribution in [0, 0.1) is 5.92 Å². The summed E-state index contributed by atoms with van der Waals surface area (Å²) in [6, 6.07) is -0.0745. The Bertz CT molecular complexity index is 665. The first-order valence-corrected chi connectivity index (χ1v) is 9.18. The van der Waals surface area contributed by atoms with Gasteiger partial charge in [0.2, 0.25) is 0 Å². The lowest BCUT2D eigenvalue weighted by Crippen LogP contribution is -2.52. The van der Waals surface area contributed by atoms with Gasteiger partial charge in [0.1, 0.15) is 5.60 Å². The van der Waals surface area contributed by atoms with E-state index in [0.717, 1.165) is 32.1 Å². The van der Waals surface area contributed by atoms with Gasteiger partial charge in [-0.25, -0.2) is 4.79 Å². The summed E-state index contributed by atoms with van der Waals surface area (Å²) >= 11 is 0. The number of rotatable bonds is 4. The van der Waals surface area contributed by atoms with E-state index < -0.39 is 5.60 Å². The van der Waals surface area contributed by atoms with E-state index in [0.29, 0.717) is 30.8 Å². The van der Waals surface area contributed by atoms with Crippen LogP contribution < -0.4 is 0 Å². The molecular weight excluding hydrogens is 322 g/mol. The summed E-state index contributed by atoms with van der Waals surface area (Å²) in [5.74, 6) is 1.62. The maximum atomic E-state index is 12.1. The highest BCUT2D eigenvalue weighted by atomic mass is 16.5. The van der Waals surface area contributed by atoms with E-state index in [2.05, 4.69) is 17.3 Å². The first kappa shape index (κ1) is 16.6. The number of carbonyl (C=O) groups excluding carboxylic acids is 1. The van der Waals surface area contributed by atoms with Crippen LogP contribution in [-0.2, 0) is 15.1 Å². The van der Waals surface area contributed by atoms with Gasteiger partial charge in [0.15, 0.2) is 5.82 Å². The van der Waals surface area contributed by atoms with Crippen LogP contribution in [0.1, 0.15) is 56.7 Å². The quantitative estimate of drug-likeness (QED) is 0.779. The number of carbonyl (C=O) groups is 1. The standard InChI is InChI=1S/C18H25N3O4/c1-3-24-18(8-4-5-9-18)16-19-15(20-25-16)13-10-12-6-7-14(13)21(11-12)17(22)23-2/h6-7,12-14H,3-5,8-11H2,1-2H3. The lowest BCUT2D eigenvalue weighted by atomic mass is 9.77. The number of piperidine rings is 1. The Balaban J connectivity index is 1.60. The number of nitrogens with zero attached hydrogens (tertiary/aromatic N) is 3.